The zero-order chi connectivity index (χ0) is 21.8. The van der Waals surface area contributed by atoms with Crippen molar-refractivity contribution in [1.82, 2.24) is 15.0 Å². The van der Waals surface area contributed by atoms with E-state index in [-0.39, 0.29) is 17.4 Å². The number of methoxy groups -OCH3 is 1. The molecule has 31 heavy (non-hydrogen) atoms. The molecule has 2 fully saturated rings. The zero-order valence-corrected chi connectivity index (χ0v) is 18.8. The van der Waals surface area contributed by atoms with Crippen LogP contribution in [0.25, 0.3) is 0 Å². The van der Waals surface area contributed by atoms with E-state index in [0.717, 1.165) is 68.9 Å². The molecule has 1 aromatic heterocycles. The van der Waals surface area contributed by atoms with E-state index in [1.54, 1.807) is 7.11 Å². The molecule has 2 aromatic rings. The maximum Gasteiger partial charge on any atom is 0.229 e. The summed E-state index contributed by atoms with van der Waals surface area (Å²) in [6.45, 7) is 6.37. The first-order chi connectivity index (χ1) is 15.0. The Labute approximate surface area is 184 Å². The smallest absolute Gasteiger partial charge is 0.229 e. The number of aromatic nitrogens is 2. The molecule has 7 heteroatoms. The third kappa shape index (κ3) is 5.26. The Hall–Kier alpha value is -2.41. The zero-order valence-electron chi connectivity index (χ0n) is 18.8. The Morgan fingerprint density at radius 3 is 2.84 bits per heavy atom. The topological polar surface area (TPSA) is 77.7 Å². The van der Waals surface area contributed by atoms with Crippen LogP contribution in [0.5, 0.6) is 5.75 Å². The van der Waals surface area contributed by atoms with Crippen molar-refractivity contribution < 1.29 is 18.8 Å². The van der Waals surface area contributed by atoms with Gasteiger partial charge in [0.25, 0.3) is 0 Å². The number of likely N-dealkylation sites (tertiary alicyclic amines) is 1. The average Bonchev–Trinajstić information content (AvgIpc) is 3.23. The highest BCUT2D eigenvalue weighted by Crippen LogP contribution is 2.38. The molecule has 0 radical (unpaired) electrons. The van der Waals surface area contributed by atoms with Crippen LogP contribution >= 0.6 is 0 Å². The quantitative estimate of drug-likeness (QED) is 0.698. The second-order valence-electron chi connectivity index (χ2n) is 9.21. The predicted molar refractivity (Wildman–Crippen MR) is 116 cm³/mol. The fourth-order valence-electron chi connectivity index (χ4n) is 4.73. The third-order valence-electron chi connectivity index (χ3n) is 6.56. The lowest BCUT2D eigenvalue weighted by atomic mass is 9.78. The first-order valence-electron chi connectivity index (χ1n) is 11.3. The molecule has 1 amide bonds. The molecule has 1 aromatic carbocycles. The molecule has 2 aliphatic rings. The van der Waals surface area contributed by atoms with Gasteiger partial charge in [-0.2, -0.15) is 4.98 Å². The summed E-state index contributed by atoms with van der Waals surface area (Å²) >= 11 is 0. The number of ether oxygens (including phenoxy) is 2. The molecule has 1 unspecified atom stereocenters. The van der Waals surface area contributed by atoms with Crippen molar-refractivity contribution in [2.24, 2.45) is 5.92 Å². The minimum Gasteiger partial charge on any atom is -0.497 e. The van der Waals surface area contributed by atoms with Gasteiger partial charge in [-0.05, 0) is 49.3 Å². The van der Waals surface area contributed by atoms with Gasteiger partial charge in [0.2, 0.25) is 11.8 Å². The van der Waals surface area contributed by atoms with E-state index in [4.69, 9.17) is 14.0 Å². The number of piperidine rings is 1. The number of carbonyl (C=O) groups excluding carboxylic acids is 1. The molecule has 0 saturated carbocycles. The fourth-order valence-corrected chi connectivity index (χ4v) is 4.73. The summed E-state index contributed by atoms with van der Waals surface area (Å²) in [5, 5.41) is 4.16. The molecule has 168 valence electrons. The van der Waals surface area contributed by atoms with Gasteiger partial charge in [0.15, 0.2) is 5.82 Å². The van der Waals surface area contributed by atoms with Gasteiger partial charge in [-0.1, -0.05) is 31.1 Å². The fraction of sp³-hybridized carbons (Fsp3) is 0.625. The first-order valence-corrected chi connectivity index (χ1v) is 11.3. The van der Waals surface area contributed by atoms with E-state index >= 15 is 0 Å². The average molecular weight is 428 g/mol. The number of amides is 1. The molecular weight excluding hydrogens is 394 g/mol. The van der Waals surface area contributed by atoms with Crippen LogP contribution in [0.1, 0.15) is 62.7 Å². The van der Waals surface area contributed by atoms with Crippen LogP contribution in [0.4, 0.5) is 0 Å². The van der Waals surface area contributed by atoms with Gasteiger partial charge in [0.05, 0.1) is 19.1 Å². The summed E-state index contributed by atoms with van der Waals surface area (Å²) in [5.41, 5.74) is 0.861. The van der Waals surface area contributed by atoms with Crippen LogP contribution in [-0.2, 0) is 22.4 Å². The lowest BCUT2D eigenvalue weighted by molar-refractivity contribution is -0.146. The SMILES string of the molecule is COc1cccc(CC(=O)N2CCC3(CC2)CC(Cc2noc(C(C)C)n2)CCO3)c1. The summed E-state index contributed by atoms with van der Waals surface area (Å²) in [7, 11) is 1.64. The standard InChI is InChI=1S/C24H33N3O4/c1-17(2)23-25-21(26-31-23)14-19-7-12-30-24(16-19)8-10-27(11-9-24)22(28)15-18-5-4-6-20(13-18)29-3/h4-6,13,17,19H,7-12,14-16H2,1-3H3. The van der Waals surface area contributed by atoms with Gasteiger partial charge in [0.1, 0.15) is 5.75 Å². The molecule has 1 atom stereocenters. The molecule has 4 rings (SSSR count). The Morgan fingerprint density at radius 1 is 1.32 bits per heavy atom. The van der Waals surface area contributed by atoms with Crippen LogP contribution in [0.3, 0.4) is 0 Å². The van der Waals surface area contributed by atoms with Crippen molar-refractivity contribution in [1.29, 1.82) is 0 Å². The molecule has 2 aliphatic heterocycles. The van der Waals surface area contributed by atoms with Gasteiger partial charge >= 0.3 is 0 Å². The highest BCUT2D eigenvalue weighted by molar-refractivity contribution is 5.79. The van der Waals surface area contributed by atoms with Crippen LogP contribution in [0, 0.1) is 5.92 Å². The van der Waals surface area contributed by atoms with E-state index in [0.29, 0.717) is 18.2 Å². The Bertz CT molecular complexity index is 886. The lowest BCUT2D eigenvalue weighted by Crippen LogP contribution is -2.51. The van der Waals surface area contributed by atoms with Crippen LogP contribution in [0.2, 0.25) is 0 Å². The maximum atomic E-state index is 12.8. The Morgan fingerprint density at radius 2 is 2.13 bits per heavy atom. The van der Waals surface area contributed by atoms with Crippen molar-refractivity contribution in [3.8, 4) is 5.75 Å². The Kier molecular flexibility index (Phi) is 6.60. The molecular formula is C24H33N3O4. The summed E-state index contributed by atoms with van der Waals surface area (Å²) < 4.78 is 16.9. The van der Waals surface area contributed by atoms with Crippen molar-refractivity contribution in [3.63, 3.8) is 0 Å². The highest BCUT2D eigenvalue weighted by atomic mass is 16.5. The molecule has 1 spiro atoms. The second-order valence-corrected chi connectivity index (χ2v) is 9.21. The number of benzene rings is 1. The van der Waals surface area contributed by atoms with Gasteiger partial charge < -0.3 is 18.9 Å². The normalized spacial score (nSPS) is 20.9. The lowest BCUT2D eigenvalue weighted by Gasteiger charge is -2.46. The van der Waals surface area contributed by atoms with E-state index in [9.17, 15) is 4.79 Å². The monoisotopic (exact) mass is 427 g/mol. The van der Waals surface area contributed by atoms with Gasteiger partial charge in [0, 0.05) is 32.0 Å². The van der Waals surface area contributed by atoms with Gasteiger partial charge in [-0.15, -0.1) is 0 Å². The molecule has 0 aliphatic carbocycles. The number of nitrogens with zero attached hydrogens (tertiary/aromatic N) is 3. The third-order valence-corrected chi connectivity index (χ3v) is 6.56. The summed E-state index contributed by atoms with van der Waals surface area (Å²) in [6.07, 6.45) is 5.03. The highest BCUT2D eigenvalue weighted by Gasteiger charge is 2.41. The van der Waals surface area contributed by atoms with Crippen molar-refractivity contribution in [2.75, 3.05) is 26.8 Å². The second kappa shape index (κ2) is 9.39. The minimum absolute atomic E-state index is 0.125. The maximum absolute atomic E-state index is 12.8. The van der Waals surface area contributed by atoms with Crippen LogP contribution in [-0.4, -0.2) is 53.4 Å². The van der Waals surface area contributed by atoms with Crippen molar-refractivity contribution in [3.05, 3.63) is 41.5 Å². The van der Waals surface area contributed by atoms with E-state index in [1.165, 1.54) is 0 Å². The van der Waals surface area contributed by atoms with E-state index in [1.807, 2.05) is 29.2 Å². The molecule has 0 N–H and O–H groups in total. The number of hydrogen-bond donors (Lipinski definition) is 0. The van der Waals surface area contributed by atoms with E-state index in [2.05, 4.69) is 24.0 Å². The van der Waals surface area contributed by atoms with Gasteiger partial charge in [-0.25, -0.2) is 0 Å². The van der Waals surface area contributed by atoms with E-state index < -0.39 is 0 Å². The summed E-state index contributed by atoms with van der Waals surface area (Å²) in [6, 6.07) is 7.73. The predicted octanol–water partition coefficient (Wildman–Crippen LogP) is 3.77. The van der Waals surface area contributed by atoms with Crippen LogP contribution in [0.15, 0.2) is 28.8 Å². The summed E-state index contributed by atoms with van der Waals surface area (Å²) in [4.78, 5) is 19.3. The number of carbonyl (C=O) groups is 1. The van der Waals surface area contributed by atoms with Crippen molar-refractivity contribution in [2.45, 2.75) is 63.9 Å². The molecule has 7 nitrogen and oxygen atoms in total. The molecule has 3 heterocycles. The Balaban J connectivity index is 1.30. The molecule has 0 bridgehead atoms. The van der Waals surface area contributed by atoms with Crippen molar-refractivity contribution >= 4 is 5.91 Å². The molecule has 2 saturated heterocycles. The summed E-state index contributed by atoms with van der Waals surface area (Å²) in [5.74, 6) is 3.21. The number of hydrogen-bond acceptors (Lipinski definition) is 6. The van der Waals surface area contributed by atoms with Gasteiger partial charge in [-0.3, -0.25) is 4.79 Å². The van der Waals surface area contributed by atoms with Crippen LogP contribution < -0.4 is 4.74 Å². The number of rotatable bonds is 6. The first kappa shape index (κ1) is 21.8. The minimum atomic E-state index is -0.125. The largest absolute Gasteiger partial charge is 0.497 e.